The highest BCUT2D eigenvalue weighted by Gasteiger charge is 2.56. The molecule has 3 N–H and O–H groups in total. The lowest BCUT2D eigenvalue weighted by atomic mass is 9.98. The van der Waals surface area contributed by atoms with Gasteiger partial charge in [0.05, 0.1) is 13.2 Å². The molecule has 2 aromatic rings. The van der Waals surface area contributed by atoms with Crippen LogP contribution in [0.1, 0.15) is 26.5 Å². The third-order valence-electron chi connectivity index (χ3n) is 5.43. The molecule has 1 aromatic heterocycles. The van der Waals surface area contributed by atoms with E-state index in [9.17, 15) is 24.1 Å². The van der Waals surface area contributed by atoms with E-state index in [0.29, 0.717) is 6.42 Å². The quantitative estimate of drug-likeness (QED) is 0.206. The Morgan fingerprint density at radius 2 is 2.08 bits per heavy atom. The highest BCUT2D eigenvalue weighted by atomic mass is 31.2. The maximum Gasteiger partial charge on any atom is 0.459 e. The van der Waals surface area contributed by atoms with Gasteiger partial charge in [0, 0.05) is 12.3 Å². The number of benzene rings is 1. The van der Waals surface area contributed by atoms with Crippen LogP contribution in [0, 0.1) is 0 Å². The van der Waals surface area contributed by atoms with E-state index in [1.807, 2.05) is 4.98 Å². The lowest BCUT2D eigenvalue weighted by Gasteiger charge is -2.25. The van der Waals surface area contributed by atoms with Crippen LogP contribution in [0.5, 0.6) is 5.75 Å². The van der Waals surface area contributed by atoms with Crippen LogP contribution in [-0.2, 0) is 23.4 Å². The number of aliphatic hydroxyl groups excluding tert-OH is 1. The molecular formula is C23H29FN3O9P. The monoisotopic (exact) mass is 541 g/mol. The molecule has 0 saturated carbocycles. The number of nitrogens with one attached hydrogen (secondary N) is 2. The SMILES string of the molecule is C=C[C@H](NP(=O)(OC[C@H]1O[C@@H](n2ccc(=O)[nH]c2=O)[C@](C)(F)[C@@H]1O)Oc1ccccc1)C(=O)OCCC. The standard InChI is InChI=1S/C23H29FN3O9P/c1-4-13-33-20(30)16(5-2)26-37(32,36-15-9-7-6-8-10-15)34-14-17-19(29)23(3,24)21(35-17)27-12-11-18(28)25-22(27)31/h5-12,16-17,19,21,29H,2,4,13-14H2,1,3H3,(H,26,32)(H,25,28,31)/t16-,17+,19+,21+,23+,37?/m0/s1. The zero-order valence-electron chi connectivity index (χ0n) is 20.2. The molecule has 6 atom stereocenters. The van der Waals surface area contributed by atoms with E-state index in [0.717, 1.165) is 29.8 Å². The first-order valence-corrected chi connectivity index (χ1v) is 12.9. The first-order valence-electron chi connectivity index (χ1n) is 11.4. The van der Waals surface area contributed by atoms with Gasteiger partial charge >= 0.3 is 19.4 Å². The summed E-state index contributed by atoms with van der Waals surface area (Å²) < 4.78 is 51.5. The minimum Gasteiger partial charge on any atom is -0.464 e. The highest BCUT2D eigenvalue weighted by Crippen LogP contribution is 2.47. The normalized spacial score (nSPS) is 25.7. The van der Waals surface area contributed by atoms with Crippen LogP contribution in [-0.4, -0.2) is 57.8 Å². The van der Waals surface area contributed by atoms with E-state index < -0.39 is 61.7 Å². The topological polar surface area (TPSA) is 158 Å². The molecule has 1 aromatic carbocycles. The van der Waals surface area contributed by atoms with Crippen molar-refractivity contribution in [1.82, 2.24) is 14.6 Å². The second-order valence-electron chi connectivity index (χ2n) is 8.35. The summed E-state index contributed by atoms with van der Waals surface area (Å²) in [6.07, 6.45) is -2.13. The Morgan fingerprint density at radius 3 is 2.70 bits per heavy atom. The van der Waals surface area contributed by atoms with Crippen LogP contribution in [0.2, 0.25) is 0 Å². The number of esters is 1. The molecule has 1 fully saturated rings. The number of H-pyrrole nitrogens is 1. The summed E-state index contributed by atoms with van der Waals surface area (Å²) >= 11 is 0. The minimum atomic E-state index is -4.38. The van der Waals surface area contributed by atoms with Crippen LogP contribution in [0.25, 0.3) is 0 Å². The van der Waals surface area contributed by atoms with Gasteiger partial charge in [0.1, 0.15) is 24.0 Å². The van der Waals surface area contributed by atoms with Crippen molar-refractivity contribution < 1.29 is 37.4 Å². The van der Waals surface area contributed by atoms with Gasteiger partial charge in [-0.2, -0.15) is 5.09 Å². The summed E-state index contributed by atoms with van der Waals surface area (Å²) in [5.74, 6) is -0.646. The van der Waals surface area contributed by atoms with Crippen molar-refractivity contribution in [1.29, 1.82) is 0 Å². The molecule has 0 aliphatic carbocycles. The maximum absolute atomic E-state index is 15.5. The van der Waals surface area contributed by atoms with Crippen LogP contribution in [0.4, 0.5) is 4.39 Å². The summed E-state index contributed by atoms with van der Waals surface area (Å²) in [4.78, 5) is 37.9. The van der Waals surface area contributed by atoms with E-state index in [1.54, 1.807) is 25.1 Å². The average molecular weight is 541 g/mol. The van der Waals surface area contributed by atoms with E-state index in [-0.39, 0.29) is 12.4 Å². The summed E-state index contributed by atoms with van der Waals surface area (Å²) in [7, 11) is -4.38. The minimum absolute atomic E-state index is 0.123. The Kier molecular flexibility index (Phi) is 9.21. The van der Waals surface area contributed by atoms with Gasteiger partial charge in [0.25, 0.3) is 5.56 Å². The van der Waals surface area contributed by atoms with Crippen molar-refractivity contribution in [2.24, 2.45) is 0 Å². The molecule has 1 saturated heterocycles. The molecule has 3 rings (SSSR count). The summed E-state index contributed by atoms with van der Waals surface area (Å²) in [6, 6.07) is 7.63. The molecule has 1 aliphatic heterocycles. The second kappa shape index (κ2) is 12.0. The molecule has 1 aliphatic rings. The predicted octanol–water partition coefficient (Wildman–Crippen LogP) is 1.82. The van der Waals surface area contributed by atoms with Gasteiger partial charge < -0.3 is 19.1 Å². The van der Waals surface area contributed by atoms with Gasteiger partial charge in [-0.3, -0.25) is 18.9 Å². The molecule has 0 spiro atoms. The lowest BCUT2D eigenvalue weighted by molar-refractivity contribution is -0.144. The number of para-hydroxylation sites is 1. The zero-order valence-corrected chi connectivity index (χ0v) is 21.1. The molecule has 2 heterocycles. The number of ether oxygens (including phenoxy) is 2. The highest BCUT2D eigenvalue weighted by molar-refractivity contribution is 7.52. The molecule has 0 radical (unpaired) electrons. The fourth-order valence-electron chi connectivity index (χ4n) is 3.51. The molecule has 1 unspecified atom stereocenters. The lowest BCUT2D eigenvalue weighted by Crippen LogP contribution is -2.43. The number of hydrogen-bond acceptors (Lipinski definition) is 9. The number of rotatable bonds is 12. The van der Waals surface area contributed by atoms with Gasteiger partial charge in [-0.15, -0.1) is 6.58 Å². The third-order valence-corrected chi connectivity index (χ3v) is 6.97. The largest absolute Gasteiger partial charge is 0.464 e. The van der Waals surface area contributed by atoms with Crippen molar-refractivity contribution in [2.45, 2.75) is 50.4 Å². The van der Waals surface area contributed by atoms with E-state index >= 15 is 4.39 Å². The van der Waals surface area contributed by atoms with Gasteiger partial charge in [-0.1, -0.05) is 31.2 Å². The number of halogens is 1. The van der Waals surface area contributed by atoms with Crippen LogP contribution in [0.3, 0.4) is 0 Å². The molecule has 14 heteroatoms. The van der Waals surface area contributed by atoms with Crippen LogP contribution < -0.4 is 20.9 Å². The number of nitrogens with zero attached hydrogens (tertiary/aromatic N) is 1. The van der Waals surface area contributed by atoms with Crippen molar-refractivity contribution in [3.8, 4) is 5.75 Å². The number of hydrogen-bond donors (Lipinski definition) is 3. The van der Waals surface area contributed by atoms with E-state index in [2.05, 4.69) is 11.7 Å². The fraction of sp³-hybridized carbons (Fsp3) is 0.435. The van der Waals surface area contributed by atoms with Crippen molar-refractivity contribution in [2.75, 3.05) is 13.2 Å². The van der Waals surface area contributed by atoms with E-state index in [1.165, 1.54) is 12.1 Å². The number of alkyl halides is 1. The molecule has 0 bridgehead atoms. The Hall–Kier alpha value is -3.09. The molecule has 202 valence electrons. The zero-order chi connectivity index (χ0) is 27.2. The first-order chi connectivity index (χ1) is 17.5. The maximum atomic E-state index is 15.5. The van der Waals surface area contributed by atoms with Gasteiger partial charge in [-0.25, -0.2) is 18.5 Å². The van der Waals surface area contributed by atoms with E-state index in [4.69, 9.17) is 18.5 Å². The van der Waals surface area contributed by atoms with Crippen LogP contribution in [0.15, 0.2) is 64.8 Å². The van der Waals surface area contributed by atoms with Gasteiger partial charge in [-0.05, 0) is 25.5 Å². The molecule has 12 nitrogen and oxygen atoms in total. The molecule has 0 amide bonds. The summed E-state index contributed by atoms with van der Waals surface area (Å²) in [6.45, 7) is 5.81. The Balaban J connectivity index is 1.82. The number of aliphatic hydroxyl groups is 1. The number of carbonyl (C=O) groups excluding carboxylic acids is 1. The number of carbonyl (C=O) groups is 1. The average Bonchev–Trinajstić information content (AvgIpc) is 3.08. The Bertz CT molecular complexity index is 1250. The summed E-state index contributed by atoms with van der Waals surface area (Å²) in [5, 5.41) is 13.0. The second-order valence-corrected chi connectivity index (χ2v) is 10.0. The number of aromatic nitrogens is 2. The van der Waals surface area contributed by atoms with Gasteiger partial charge in [0.2, 0.25) is 0 Å². The fourth-order valence-corrected chi connectivity index (χ4v) is 4.98. The molecular weight excluding hydrogens is 512 g/mol. The Labute approximate surface area is 211 Å². The first kappa shape index (κ1) is 28.5. The van der Waals surface area contributed by atoms with Crippen molar-refractivity contribution in [3.05, 3.63) is 76.1 Å². The van der Waals surface area contributed by atoms with Crippen molar-refractivity contribution >= 4 is 13.7 Å². The number of aromatic amines is 1. The van der Waals surface area contributed by atoms with Crippen LogP contribution >= 0.6 is 7.75 Å². The third kappa shape index (κ3) is 6.82. The summed E-state index contributed by atoms with van der Waals surface area (Å²) in [5.41, 5.74) is -4.14. The van der Waals surface area contributed by atoms with Gasteiger partial charge in [0.15, 0.2) is 11.9 Å². The van der Waals surface area contributed by atoms with Crippen molar-refractivity contribution in [3.63, 3.8) is 0 Å². The smallest absolute Gasteiger partial charge is 0.459 e. The molecule has 37 heavy (non-hydrogen) atoms. The Morgan fingerprint density at radius 1 is 1.38 bits per heavy atom. The predicted molar refractivity (Wildman–Crippen MR) is 130 cm³/mol.